The van der Waals surface area contributed by atoms with Crippen LogP contribution in [0, 0.1) is 0 Å². The molecule has 2 aromatic heterocycles. The van der Waals surface area contributed by atoms with Gasteiger partial charge in [-0.25, -0.2) is 4.68 Å². The molecule has 2 heterocycles. The van der Waals surface area contributed by atoms with E-state index in [-0.39, 0.29) is 0 Å². The lowest BCUT2D eigenvalue weighted by atomic mass is 10.2. The summed E-state index contributed by atoms with van der Waals surface area (Å²) < 4.78 is 3.78. The summed E-state index contributed by atoms with van der Waals surface area (Å²) in [6, 6.07) is 10.9. The molecule has 3 aromatic rings. The van der Waals surface area contributed by atoms with Crippen molar-refractivity contribution in [2.75, 3.05) is 11.9 Å². The summed E-state index contributed by atoms with van der Waals surface area (Å²) in [5.41, 5.74) is 2.33. The fourth-order valence-corrected chi connectivity index (χ4v) is 2.70. The highest BCUT2D eigenvalue weighted by atomic mass is 15.6. The van der Waals surface area contributed by atoms with Crippen LogP contribution < -0.4 is 4.90 Å². The maximum Gasteiger partial charge on any atom is 0.245 e. The van der Waals surface area contributed by atoms with Gasteiger partial charge in [-0.1, -0.05) is 35.4 Å². The number of anilines is 1. The minimum Gasteiger partial charge on any atom is -0.340 e. The van der Waals surface area contributed by atoms with Crippen LogP contribution in [-0.2, 0) is 13.1 Å². The summed E-state index contributed by atoms with van der Waals surface area (Å²) in [5.74, 6) is 0.823. The Bertz CT molecular complexity index is 773. The van der Waals surface area contributed by atoms with Gasteiger partial charge < -0.3 is 4.90 Å². The Balaban J connectivity index is 1.47. The van der Waals surface area contributed by atoms with Crippen molar-refractivity contribution in [3.63, 3.8) is 0 Å². The minimum atomic E-state index is 0.584. The van der Waals surface area contributed by atoms with Gasteiger partial charge in [0, 0.05) is 24.8 Å². The second-order valence-corrected chi connectivity index (χ2v) is 6.01. The summed E-state index contributed by atoms with van der Waals surface area (Å²) >= 11 is 0. The summed E-state index contributed by atoms with van der Waals surface area (Å²) in [4.78, 5) is 2.16. The largest absolute Gasteiger partial charge is 0.340 e. The van der Waals surface area contributed by atoms with Gasteiger partial charge in [-0.15, -0.1) is 0 Å². The van der Waals surface area contributed by atoms with Gasteiger partial charge in [0.15, 0.2) is 0 Å². The van der Waals surface area contributed by atoms with E-state index in [1.807, 2.05) is 33.8 Å². The van der Waals surface area contributed by atoms with Crippen LogP contribution in [0.5, 0.6) is 0 Å². The van der Waals surface area contributed by atoms with Crippen LogP contribution in [0.3, 0.4) is 0 Å². The molecule has 1 saturated carbocycles. The predicted octanol–water partition coefficient (Wildman–Crippen LogP) is 1.56. The van der Waals surface area contributed by atoms with Crippen LogP contribution in [0.2, 0.25) is 0 Å². The molecule has 1 aliphatic rings. The number of nitrogens with zero attached hydrogens (tertiary/aromatic N) is 7. The topological polar surface area (TPSA) is 64.7 Å². The molecule has 0 atom stereocenters. The molecule has 0 bridgehead atoms. The van der Waals surface area contributed by atoms with Gasteiger partial charge in [-0.3, -0.25) is 4.68 Å². The Labute approximate surface area is 134 Å². The summed E-state index contributed by atoms with van der Waals surface area (Å²) in [6.07, 6.45) is 6.37. The van der Waals surface area contributed by atoms with Crippen LogP contribution in [0.4, 0.5) is 5.95 Å². The second kappa shape index (κ2) is 5.83. The second-order valence-electron chi connectivity index (χ2n) is 6.01. The molecule has 0 spiro atoms. The van der Waals surface area contributed by atoms with E-state index in [1.165, 1.54) is 18.4 Å². The molecule has 7 nitrogen and oxygen atoms in total. The lowest BCUT2D eigenvalue weighted by Gasteiger charge is -2.16. The quantitative estimate of drug-likeness (QED) is 0.691. The minimum absolute atomic E-state index is 0.584. The average molecular weight is 309 g/mol. The van der Waals surface area contributed by atoms with Crippen molar-refractivity contribution >= 4 is 5.95 Å². The number of rotatable bonds is 6. The van der Waals surface area contributed by atoms with Gasteiger partial charge in [-0.05, 0) is 28.8 Å². The maximum absolute atomic E-state index is 4.44. The number of aromatic nitrogens is 6. The Morgan fingerprint density at radius 3 is 2.74 bits per heavy atom. The van der Waals surface area contributed by atoms with Crippen molar-refractivity contribution in [1.82, 2.24) is 30.0 Å². The van der Waals surface area contributed by atoms with Gasteiger partial charge in [0.05, 0.1) is 19.3 Å². The zero-order valence-electron chi connectivity index (χ0n) is 13.1. The lowest BCUT2D eigenvalue weighted by molar-refractivity contribution is 0.635. The van der Waals surface area contributed by atoms with Gasteiger partial charge in [0.25, 0.3) is 0 Å². The first-order valence-electron chi connectivity index (χ1n) is 7.84. The highest BCUT2D eigenvalue weighted by Crippen LogP contribution is 2.28. The Morgan fingerprint density at radius 2 is 1.96 bits per heavy atom. The van der Waals surface area contributed by atoms with E-state index in [1.54, 1.807) is 0 Å². The molecule has 23 heavy (non-hydrogen) atoms. The van der Waals surface area contributed by atoms with Crippen molar-refractivity contribution in [2.24, 2.45) is 0 Å². The van der Waals surface area contributed by atoms with Crippen LogP contribution in [-0.4, -0.2) is 43.1 Å². The van der Waals surface area contributed by atoms with Crippen LogP contribution in [0.1, 0.15) is 24.0 Å². The molecule has 0 N–H and O–H groups in total. The van der Waals surface area contributed by atoms with Gasteiger partial charge in [0.1, 0.15) is 0 Å². The SMILES string of the molecule is CN(c1nnnn1Cc1cnn(Cc2ccccc2)c1)C1CC1. The first-order chi connectivity index (χ1) is 11.3. The Morgan fingerprint density at radius 1 is 1.13 bits per heavy atom. The van der Waals surface area contributed by atoms with Crippen molar-refractivity contribution in [3.8, 4) is 0 Å². The van der Waals surface area contributed by atoms with E-state index < -0.39 is 0 Å². The summed E-state index contributed by atoms with van der Waals surface area (Å²) in [6.45, 7) is 1.40. The normalized spacial score (nSPS) is 14.1. The first kappa shape index (κ1) is 13.9. The predicted molar refractivity (Wildman–Crippen MR) is 86.1 cm³/mol. The average Bonchev–Trinajstić information content (AvgIpc) is 3.18. The highest BCUT2D eigenvalue weighted by Gasteiger charge is 2.29. The Hall–Kier alpha value is -2.70. The van der Waals surface area contributed by atoms with Crippen molar-refractivity contribution in [3.05, 3.63) is 53.9 Å². The summed E-state index contributed by atoms with van der Waals surface area (Å²) in [7, 11) is 2.05. The first-order valence-corrected chi connectivity index (χ1v) is 7.84. The van der Waals surface area contributed by atoms with Crippen molar-refractivity contribution in [1.29, 1.82) is 0 Å². The molecular formula is C16H19N7. The van der Waals surface area contributed by atoms with E-state index in [4.69, 9.17) is 0 Å². The van der Waals surface area contributed by atoms with E-state index in [2.05, 4.69) is 50.9 Å². The molecule has 1 fully saturated rings. The van der Waals surface area contributed by atoms with Gasteiger partial charge in [0.2, 0.25) is 5.95 Å². The fourth-order valence-electron chi connectivity index (χ4n) is 2.70. The third-order valence-electron chi connectivity index (χ3n) is 4.13. The standard InChI is InChI=1S/C16H19N7/c1-21(15-7-8-15)16-18-19-20-23(16)12-14-9-17-22(11-14)10-13-5-3-2-4-6-13/h2-6,9,11,15H,7-8,10,12H2,1H3. The number of hydrogen-bond donors (Lipinski definition) is 0. The van der Waals surface area contributed by atoms with Gasteiger partial charge in [-0.2, -0.15) is 5.10 Å². The Kier molecular flexibility index (Phi) is 3.53. The third-order valence-corrected chi connectivity index (χ3v) is 4.13. The molecule has 7 heteroatoms. The molecule has 4 rings (SSSR count). The van der Waals surface area contributed by atoms with E-state index >= 15 is 0 Å². The van der Waals surface area contributed by atoms with Crippen LogP contribution in [0.25, 0.3) is 0 Å². The van der Waals surface area contributed by atoms with E-state index in [9.17, 15) is 0 Å². The summed E-state index contributed by atoms with van der Waals surface area (Å²) in [5, 5.41) is 16.5. The monoisotopic (exact) mass is 309 g/mol. The zero-order valence-corrected chi connectivity index (χ0v) is 13.1. The third kappa shape index (κ3) is 3.08. The highest BCUT2D eigenvalue weighted by molar-refractivity contribution is 5.31. The molecule has 0 saturated heterocycles. The van der Waals surface area contributed by atoms with Crippen molar-refractivity contribution in [2.45, 2.75) is 32.0 Å². The molecule has 1 aromatic carbocycles. The molecule has 0 unspecified atom stereocenters. The van der Waals surface area contributed by atoms with Crippen molar-refractivity contribution < 1.29 is 0 Å². The molecule has 118 valence electrons. The molecule has 1 aliphatic carbocycles. The molecular weight excluding hydrogens is 290 g/mol. The number of hydrogen-bond acceptors (Lipinski definition) is 5. The molecule has 0 aliphatic heterocycles. The smallest absolute Gasteiger partial charge is 0.245 e. The fraction of sp³-hybridized carbons (Fsp3) is 0.375. The lowest BCUT2D eigenvalue weighted by Crippen LogP contribution is -2.24. The molecule has 0 amide bonds. The van der Waals surface area contributed by atoms with Gasteiger partial charge >= 0.3 is 0 Å². The molecule has 0 radical (unpaired) electrons. The maximum atomic E-state index is 4.44. The number of benzene rings is 1. The van der Waals surface area contributed by atoms with E-state index in [0.29, 0.717) is 12.6 Å². The zero-order chi connectivity index (χ0) is 15.6. The van der Waals surface area contributed by atoms with Crippen LogP contribution in [0.15, 0.2) is 42.7 Å². The van der Waals surface area contributed by atoms with E-state index in [0.717, 1.165) is 18.1 Å². The number of tetrazole rings is 1. The van der Waals surface area contributed by atoms with Crippen LogP contribution >= 0.6 is 0 Å².